The monoisotopic (exact) mass is 489 g/mol. The Morgan fingerprint density at radius 2 is 1.88 bits per heavy atom. The number of carbonyl (C=O) groups is 1. The number of halogens is 1. The van der Waals surface area contributed by atoms with Crippen molar-refractivity contribution in [3.8, 4) is 5.75 Å². The minimum absolute atomic E-state index is 0.0354. The van der Waals surface area contributed by atoms with Crippen LogP contribution >= 0.6 is 15.9 Å². The van der Waals surface area contributed by atoms with Crippen LogP contribution in [0.4, 0.5) is 5.69 Å². The van der Waals surface area contributed by atoms with Crippen molar-refractivity contribution in [3.05, 3.63) is 88.7 Å². The summed E-state index contributed by atoms with van der Waals surface area (Å²) in [6.45, 7) is 3.89. The van der Waals surface area contributed by atoms with Gasteiger partial charge in [0.05, 0.1) is 17.6 Å². The summed E-state index contributed by atoms with van der Waals surface area (Å²) in [4.78, 5) is 19.7. The number of hydrogen-bond acceptors (Lipinski definition) is 3. The Kier molecular flexibility index (Phi) is 5.70. The van der Waals surface area contributed by atoms with E-state index >= 15 is 0 Å². The van der Waals surface area contributed by atoms with Gasteiger partial charge in [0.25, 0.3) is 0 Å². The molecule has 162 valence electrons. The topological polar surface area (TPSA) is 47.4 Å². The Morgan fingerprint density at radius 1 is 1.06 bits per heavy atom. The number of hydrogen-bond donors (Lipinski definition) is 0. The van der Waals surface area contributed by atoms with Gasteiger partial charge in [-0.25, -0.2) is 4.98 Å². The number of para-hydroxylation sites is 2. The molecule has 0 radical (unpaired) electrons. The molecule has 1 saturated heterocycles. The van der Waals surface area contributed by atoms with E-state index in [4.69, 9.17) is 9.72 Å². The fraction of sp³-hybridized carbons (Fsp3) is 0.231. The van der Waals surface area contributed by atoms with Crippen LogP contribution in [-0.2, 0) is 11.3 Å². The molecule has 0 bridgehead atoms. The number of carbonyl (C=O) groups excluding carboxylic acids is 1. The van der Waals surface area contributed by atoms with E-state index in [1.807, 2.05) is 71.6 Å². The molecule has 1 aliphatic heterocycles. The SMILES string of the molecule is Cc1ccc(OCCn2c(C3CC(=O)N(c4cccc(Br)c4)C3)nc3ccccc32)cc1. The summed E-state index contributed by atoms with van der Waals surface area (Å²) in [5, 5.41) is 0. The zero-order chi connectivity index (χ0) is 22.1. The molecular weight excluding hydrogens is 466 g/mol. The lowest BCUT2D eigenvalue weighted by Crippen LogP contribution is -2.24. The molecular formula is C26H24BrN3O2. The second kappa shape index (κ2) is 8.79. The number of aromatic nitrogens is 2. The highest BCUT2D eigenvalue weighted by Gasteiger charge is 2.34. The third-order valence-electron chi connectivity index (χ3n) is 5.90. The summed E-state index contributed by atoms with van der Waals surface area (Å²) in [5.41, 5.74) is 4.15. The van der Waals surface area contributed by atoms with E-state index in [1.54, 1.807) is 0 Å². The minimum Gasteiger partial charge on any atom is -0.492 e. The summed E-state index contributed by atoms with van der Waals surface area (Å²) < 4.78 is 9.17. The maximum absolute atomic E-state index is 12.9. The summed E-state index contributed by atoms with van der Waals surface area (Å²) in [7, 11) is 0. The quantitative estimate of drug-likeness (QED) is 0.348. The first-order valence-electron chi connectivity index (χ1n) is 10.8. The van der Waals surface area contributed by atoms with Gasteiger partial charge < -0.3 is 14.2 Å². The highest BCUT2D eigenvalue weighted by Crippen LogP contribution is 2.34. The molecule has 0 aliphatic carbocycles. The molecule has 0 saturated carbocycles. The highest BCUT2D eigenvalue weighted by molar-refractivity contribution is 9.10. The van der Waals surface area contributed by atoms with E-state index in [-0.39, 0.29) is 11.8 Å². The molecule has 1 atom stereocenters. The molecule has 5 rings (SSSR count). The lowest BCUT2D eigenvalue weighted by molar-refractivity contribution is -0.117. The maximum atomic E-state index is 12.9. The van der Waals surface area contributed by atoms with Gasteiger partial charge in [-0.1, -0.05) is 51.8 Å². The van der Waals surface area contributed by atoms with E-state index in [1.165, 1.54) is 5.56 Å². The zero-order valence-electron chi connectivity index (χ0n) is 17.9. The van der Waals surface area contributed by atoms with Gasteiger partial charge in [-0.2, -0.15) is 0 Å². The molecule has 1 amide bonds. The average molecular weight is 490 g/mol. The Hall–Kier alpha value is -3.12. The molecule has 0 spiro atoms. The highest BCUT2D eigenvalue weighted by atomic mass is 79.9. The third-order valence-corrected chi connectivity index (χ3v) is 6.39. The summed E-state index contributed by atoms with van der Waals surface area (Å²) in [5.74, 6) is 1.97. The van der Waals surface area contributed by atoms with Gasteiger partial charge >= 0.3 is 0 Å². The third kappa shape index (κ3) is 4.15. The van der Waals surface area contributed by atoms with Crippen molar-refractivity contribution in [1.82, 2.24) is 9.55 Å². The van der Waals surface area contributed by atoms with Gasteiger partial charge in [0.2, 0.25) is 5.91 Å². The second-order valence-electron chi connectivity index (χ2n) is 8.16. The van der Waals surface area contributed by atoms with Gasteiger partial charge in [-0.05, 0) is 49.4 Å². The van der Waals surface area contributed by atoms with Crippen LogP contribution in [0.2, 0.25) is 0 Å². The molecule has 32 heavy (non-hydrogen) atoms. The summed E-state index contributed by atoms with van der Waals surface area (Å²) in [6, 6.07) is 24.1. The first kappa shape index (κ1) is 20.8. The Labute approximate surface area is 195 Å². The largest absolute Gasteiger partial charge is 0.492 e. The molecule has 4 aromatic rings. The number of nitrogens with zero attached hydrogens (tertiary/aromatic N) is 3. The van der Waals surface area contributed by atoms with Crippen molar-refractivity contribution < 1.29 is 9.53 Å². The first-order valence-corrected chi connectivity index (χ1v) is 11.6. The van der Waals surface area contributed by atoms with Crippen molar-refractivity contribution in [2.45, 2.75) is 25.8 Å². The van der Waals surface area contributed by atoms with Crippen molar-refractivity contribution in [1.29, 1.82) is 0 Å². The summed E-state index contributed by atoms with van der Waals surface area (Å²) in [6.07, 6.45) is 0.453. The molecule has 2 heterocycles. The van der Waals surface area contributed by atoms with E-state index in [9.17, 15) is 4.79 Å². The van der Waals surface area contributed by atoms with E-state index < -0.39 is 0 Å². The predicted octanol–water partition coefficient (Wildman–Crippen LogP) is 5.71. The lowest BCUT2D eigenvalue weighted by Gasteiger charge is -2.18. The normalized spacial score (nSPS) is 16.1. The number of rotatable bonds is 6. The van der Waals surface area contributed by atoms with Crippen molar-refractivity contribution in [2.24, 2.45) is 0 Å². The number of benzene rings is 3. The molecule has 1 aromatic heterocycles. The molecule has 1 fully saturated rings. The fourth-order valence-corrected chi connectivity index (χ4v) is 4.69. The van der Waals surface area contributed by atoms with Crippen LogP contribution < -0.4 is 9.64 Å². The average Bonchev–Trinajstić information content (AvgIpc) is 3.36. The molecule has 3 aromatic carbocycles. The van der Waals surface area contributed by atoms with Crippen LogP contribution in [0.25, 0.3) is 11.0 Å². The standard InChI is InChI=1S/C26H24BrN3O2/c1-18-9-11-22(12-10-18)32-14-13-29-24-8-3-2-7-23(24)28-26(29)19-15-25(31)30(17-19)21-6-4-5-20(27)16-21/h2-12,16,19H,13-15,17H2,1H3. The lowest BCUT2D eigenvalue weighted by atomic mass is 10.1. The number of aryl methyl sites for hydroxylation is 1. The van der Waals surface area contributed by atoms with Crippen LogP contribution in [0.1, 0.15) is 23.7 Å². The molecule has 6 heteroatoms. The number of amides is 1. The van der Waals surface area contributed by atoms with Crippen molar-refractivity contribution in [3.63, 3.8) is 0 Å². The van der Waals surface area contributed by atoms with Crippen LogP contribution in [0, 0.1) is 6.92 Å². The molecule has 0 N–H and O–H groups in total. The predicted molar refractivity (Wildman–Crippen MR) is 130 cm³/mol. The van der Waals surface area contributed by atoms with Gasteiger partial charge in [0.15, 0.2) is 0 Å². The van der Waals surface area contributed by atoms with Crippen LogP contribution in [-0.4, -0.2) is 28.6 Å². The first-order chi connectivity index (χ1) is 15.6. The second-order valence-corrected chi connectivity index (χ2v) is 9.07. The number of imidazole rings is 1. The van der Waals surface area contributed by atoms with Crippen LogP contribution in [0.15, 0.2) is 77.3 Å². The summed E-state index contributed by atoms with van der Waals surface area (Å²) >= 11 is 3.51. The van der Waals surface area contributed by atoms with Crippen LogP contribution in [0.5, 0.6) is 5.75 Å². The van der Waals surface area contributed by atoms with E-state index in [0.29, 0.717) is 26.1 Å². The maximum Gasteiger partial charge on any atom is 0.227 e. The van der Waals surface area contributed by atoms with Crippen molar-refractivity contribution in [2.75, 3.05) is 18.1 Å². The van der Waals surface area contributed by atoms with Gasteiger partial charge in [-0.15, -0.1) is 0 Å². The Bertz CT molecular complexity index is 1270. The van der Waals surface area contributed by atoms with Gasteiger partial charge in [0.1, 0.15) is 18.2 Å². The van der Waals surface area contributed by atoms with Crippen LogP contribution in [0.3, 0.4) is 0 Å². The molecule has 1 unspecified atom stereocenters. The minimum atomic E-state index is 0.0354. The number of fused-ring (bicyclic) bond motifs is 1. The van der Waals surface area contributed by atoms with Gasteiger partial charge in [0, 0.05) is 29.0 Å². The fourth-order valence-electron chi connectivity index (χ4n) is 4.30. The number of anilines is 1. The van der Waals surface area contributed by atoms with E-state index in [0.717, 1.165) is 32.8 Å². The smallest absolute Gasteiger partial charge is 0.227 e. The Morgan fingerprint density at radius 3 is 2.69 bits per heavy atom. The number of ether oxygens (including phenoxy) is 1. The zero-order valence-corrected chi connectivity index (χ0v) is 19.5. The molecule has 5 nitrogen and oxygen atoms in total. The van der Waals surface area contributed by atoms with Crippen molar-refractivity contribution >= 4 is 38.6 Å². The van der Waals surface area contributed by atoms with Gasteiger partial charge in [-0.3, -0.25) is 4.79 Å². The Balaban J connectivity index is 1.40. The van der Waals surface area contributed by atoms with E-state index in [2.05, 4.69) is 33.5 Å². The molecule has 1 aliphatic rings.